The Bertz CT molecular complexity index is 1290. The monoisotopic (exact) mass is 459 g/mol. The van der Waals surface area contributed by atoms with Crippen molar-refractivity contribution in [3.63, 3.8) is 0 Å². The van der Waals surface area contributed by atoms with Gasteiger partial charge in [-0.1, -0.05) is 26.0 Å². The van der Waals surface area contributed by atoms with Crippen LogP contribution in [0.1, 0.15) is 54.9 Å². The summed E-state index contributed by atoms with van der Waals surface area (Å²) in [5.41, 5.74) is 3.38. The van der Waals surface area contributed by atoms with Crippen molar-refractivity contribution in [2.24, 2.45) is 5.92 Å². The lowest BCUT2D eigenvalue weighted by Crippen LogP contribution is -2.32. The molecule has 0 fully saturated rings. The van der Waals surface area contributed by atoms with E-state index >= 15 is 0 Å². The van der Waals surface area contributed by atoms with Gasteiger partial charge in [0.1, 0.15) is 5.82 Å². The first-order valence-electron chi connectivity index (χ1n) is 10.6. The molecule has 0 aliphatic rings. The lowest BCUT2D eigenvalue weighted by molar-refractivity contribution is -0.144. The average molecular weight is 459 g/mol. The van der Waals surface area contributed by atoms with Crippen molar-refractivity contribution in [2.75, 3.05) is 0 Å². The number of aromatic nitrogens is 6. The Balaban J connectivity index is 1.51. The van der Waals surface area contributed by atoms with Crippen LogP contribution in [0.2, 0.25) is 0 Å². The van der Waals surface area contributed by atoms with Crippen LogP contribution in [-0.2, 0) is 17.4 Å². The standard InChI is InChI=1S/C22H24F3N7O/c1-11(2)18(19-27-15-7-5-6-8-16(15)28-19)29-17(33)10-9-14-12(3)26-21-30-20(22(23,24)25)31-32(21)13(14)4/h5-8,11,18H,9-10H2,1-4H3,(H,27,28)(H,29,33)/t18-/m0/s1. The molecule has 0 spiro atoms. The first-order valence-corrected chi connectivity index (χ1v) is 10.6. The van der Waals surface area contributed by atoms with E-state index in [1.54, 1.807) is 13.8 Å². The molecule has 4 rings (SSSR count). The first kappa shape index (κ1) is 22.7. The Morgan fingerprint density at radius 2 is 1.88 bits per heavy atom. The van der Waals surface area contributed by atoms with E-state index in [-0.39, 0.29) is 30.1 Å². The summed E-state index contributed by atoms with van der Waals surface area (Å²) in [4.78, 5) is 28.3. The highest BCUT2D eigenvalue weighted by Gasteiger charge is 2.37. The van der Waals surface area contributed by atoms with Gasteiger partial charge in [0, 0.05) is 17.8 Å². The van der Waals surface area contributed by atoms with E-state index in [2.05, 4.69) is 30.4 Å². The Morgan fingerprint density at radius 1 is 1.15 bits per heavy atom. The molecule has 0 bridgehead atoms. The molecule has 3 heterocycles. The number of halogens is 3. The maximum atomic E-state index is 13.0. The fourth-order valence-electron chi connectivity index (χ4n) is 3.84. The minimum Gasteiger partial charge on any atom is -0.346 e. The van der Waals surface area contributed by atoms with Crippen LogP contribution in [0.3, 0.4) is 0 Å². The summed E-state index contributed by atoms with van der Waals surface area (Å²) in [5, 5.41) is 6.58. The molecule has 1 atom stereocenters. The van der Waals surface area contributed by atoms with E-state index in [0.29, 0.717) is 29.2 Å². The van der Waals surface area contributed by atoms with Crippen LogP contribution in [0, 0.1) is 19.8 Å². The summed E-state index contributed by atoms with van der Waals surface area (Å²) in [5.74, 6) is -0.778. The number of carbonyl (C=O) groups is 1. The molecule has 2 N–H and O–H groups in total. The molecule has 0 unspecified atom stereocenters. The van der Waals surface area contributed by atoms with Crippen LogP contribution >= 0.6 is 0 Å². The quantitative estimate of drug-likeness (QED) is 0.453. The lowest BCUT2D eigenvalue weighted by Gasteiger charge is -2.20. The highest BCUT2D eigenvalue weighted by Crippen LogP contribution is 2.27. The van der Waals surface area contributed by atoms with Crippen molar-refractivity contribution in [1.82, 2.24) is 34.9 Å². The average Bonchev–Trinajstić information content (AvgIpc) is 3.35. The van der Waals surface area contributed by atoms with Crippen molar-refractivity contribution < 1.29 is 18.0 Å². The maximum Gasteiger partial charge on any atom is 0.453 e. The molecular formula is C22H24F3N7O. The molecule has 0 saturated carbocycles. The molecule has 1 aromatic carbocycles. The van der Waals surface area contributed by atoms with E-state index in [4.69, 9.17) is 0 Å². The van der Waals surface area contributed by atoms with Crippen molar-refractivity contribution >= 4 is 22.7 Å². The number of hydrogen-bond donors (Lipinski definition) is 2. The minimum absolute atomic E-state index is 0.0898. The number of para-hydroxylation sites is 2. The van der Waals surface area contributed by atoms with Gasteiger partial charge in [-0.15, -0.1) is 5.10 Å². The van der Waals surface area contributed by atoms with Gasteiger partial charge < -0.3 is 10.3 Å². The Morgan fingerprint density at radius 3 is 2.55 bits per heavy atom. The fourth-order valence-corrected chi connectivity index (χ4v) is 3.84. The molecule has 0 radical (unpaired) electrons. The third kappa shape index (κ3) is 4.53. The second-order valence-electron chi connectivity index (χ2n) is 8.33. The normalized spacial score (nSPS) is 13.2. The first-order chi connectivity index (χ1) is 15.5. The number of H-pyrrole nitrogens is 1. The van der Waals surface area contributed by atoms with Crippen molar-refractivity contribution in [2.45, 2.75) is 52.8 Å². The zero-order valence-electron chi connectivity index (χ0n) is 18.7. The highest BCUT2D eigenvalue weighted by molar-refractivity contribution is 5.78. The predicted octanol–water partition coefficient (Wildman–Crippen LogP) is 4.08. The molecule has 8 nitrogen and oxygen atoms in total. The second-order valence-corrected chi connectivity index (χ2v) is 8.33. The van der Waals surface area contributed by atoms with Gasteiger partial charge in [-0.2, -0.15) is 18.2 Å². The van der Waals surface area contributed by atoms with Crippen LogP contribution in [0.15, 0.2) is 24.3 Å². The van der Waals surface area contributed by atoms with Gasteiger partial charge in [0.15, 0.2) is 0 Å². The number of alkyl halides is 3. The predicted molar refractivity (Wildman–Crippen MR) is 115 cm³/mol. The number of nitrogens with one attached hydrogen (secondary N) is 2. The molecule has 1 amide bonds. The zero-order chi connectivity index (χ0) is 23.9. The minimum atomic E-state index is -4.66. The van der Waals surface area contributed by atoms with Crippen molar-refractivity contribution in [1.29, 1.82) is 0 Å². The third-order valence-electron chi connectivity index (χ3n) is 5.59. The number of imidazole rings is 1. The summed E-state index contributed by atoms with van der Waals surface area (Å²) in [7, 11) is 0. The summed E-state index contributed by atoms with van der Waals surface area (Å²) in [6.45, 7) is 7.32. The van der Waals surface area contributed by atoms with E-state index < -0.39 is 12.0 Å². The Hall–Kier alpha value is -3.50. The van der Waals surface area contributed by atoms with Crippen molar-refractivity contribution in [3.8, 4) is 0 Å². The number of rotatable bonds is 6. The number of hydrogen-bond acceptors (Lipinski definition) is 5. The molecule has 11 heteroatoms. The highest BCUT2D eigenvalue weighted by atomic mass is 19.4. The Kier molecular flexibility index (Phi) is 5.81. The molecular weight excluding hydrogens is 435 g/mol. The van der Waals surface area contributed by atoms with Gasteiger partial charge in [-0.3, -0.25) is 4.79 Å². The number of amides is 1. The SMILES string of the molecule is Cc1nc2nc(C(F)(F)F)nn2c(C)c1CCC(=O)N[C@H](c1nc2ccccc2[nH]1)C(C)C. The number of aromatic amines is 1. The summed E-state index contributed by atoms with van der Waals surface area (Å²) < 4.78 is 40.0. The van der Waals surface area contributed by atoms with Gasteiger partial charge in [-0.25, -0.2) is 14.5 Å². The summed E-state index contributed by atoms with van der Waals surface area (Å²) in [6, 6.07) is 7.33. The molecule has 3 aromatic heterocycles. The third-order valence-corrected chi connectivity index (χ3v) is 5.59. The van der Waals surface area contributed by atoms with Crippen LogP contribution in [0.25, 0.3) is 16.8 Å². The summed E-state index contributed by atoms with van der Waals surface area (Å²) >= 11 is 0. The van der Waals surface area contributed by atoms with Gasteiger partial charge in [0.05, 0.1) is 17.1 Å². The Labute approximate surface area is 187 Å². The molecule has 33 heavy (non-hydrogen) atoms. The van der Waals surface area contributed by atoms with Crippen LogP contribution in [-0.4, -0.2) is 35.5 Å². The van der Waals surface area contributed by atoms with Gasteiger partial charge in [0.2, 0.25) is 5.91 Å². The zero-order valence-corrected chi connectivity index (χ0v) is 18.7. The van der Waals surface area contributed by atoms with Crippen LogP contribution < -0.4 is 5.32 Å². The lowest BCUT2D eigenvalue weighted by atomic mass is 10.0. The van der Waals surface area contributed by atoms with E-state index in [1.807, 2.05) is 38.1 Å². The smallest absolute Gasteiger partial charge is 0.346 e. The summed E-state index contributed by atoms with van der Waals surface area (Å²) in [6.07, 6.45) is -4.21. The topological polar surface area (TPSA) is 101 Å². The largest absolute Gasteiger partial charge is 0.453 e. The molecule has 174 valence electrons. The number of aryl methyl sites for hydroxylation is 2. The number of nitrogens with zero attached hydrogens (tertiary/aromatic N) is 5. The molecule has 4 aromatic rings. The van der Waals surface area contributed by atoms with Gasteiger partial charge in [-0.05, 0) is 43.9 Å². The number of fused-ring (bicyclic) bond motifs is 2. The van der Waals surface area contributed by atoms with E-state index in [1.165, 1.54) is 0 Å². The number of benzene rings is 1. The number of carbonyl (C=O) groups excluding carboxylic acids is 1. The van der Waals surface area contributed by atoms with Gasteiger partial charge >= 0.3 is 6.18 Å². The molecule has 0 aliphatic carbocycles. The van der Waals surface area contributed by atoms with Gasteiger partial charge in [0.25, 0.3) is 11.6 Å². The van der Waals surface area contributed by atoms with E-state index in [9.17, 15) is 18.0 Å². The fraction of sp³-hybridized carbons (Fsp3) is 0.409. The molecule has 0 saturated heterocycles. The molecule has 0 aliphatic heterocycles. The van der Waals surface area contributed by atoms with Crippen LogP contribution in [0.4, 0.5) is 13.2 Å². The van der Waals surface area contributed by atoms with Crippen LogP contribution in [0.5, 0.6) is 0 Å². The van der Waals surface area contributed by atoms with Crippen molar-refractivity contribution in [3.05, 3.63) is 52.9 Å². The van der Waals surface area contributed by atoms with E-state index in [0.717, 1.165) is 15.5 Å². The maximum absolute atomic E-state index is 13.0. The second kappa shape index (κ2) is 8.45.